The number of hydrogen-bond acceptors (Lipinski definition) is 5. The summed E-state index contributed by atoms with van der Waals surface area (Å²) in [4.78, 5) is 0. The molecule has 2 saturated heterocycles. The Labute approximate surface area is 188 Å². The van der Waals surface area contributed by atoms with Gasteiger partial charge in [-0.15, -0.1) is 5.10 Å². The third-order valence-corrected chi connectivity index (χ3v) is 6.32. The summed E-state index contributed by atoms with van der Waals surface area (Å²) in [7, 11) is 0. The fourth-order valence-corrected chi connectivity index (χ4v) is 4.54. The molecule has 0 unspecified atom stereocenters. The highest BCUT2D eigenvalue weighted by atomic mass is 19.4. The third-order valence-electron chi connectivity index (χ3n) is 6.32. The van der Waals surface area contributed by atoms with Gasteiger partial charge in [-0.25, -0.2) is 4.68 Å². The van der Waals surface area contributed by atoms with Gasteiger partial charge in [0.1, 0.15) is 17.9 Å². The van der Waals surface area contributed by atoms with Crippen LogP contribution in [0.4, 0.5) is 13.2 Å². The Morgan fingerprint density at radius 2 is 1.79 bits per heavy atom. The maximum atomic E-state index is 12.8. The summed E-state index contributed by atoms with van der Waals surface area (Å²) in [6, 6.07) is 15.0. The van der Waals surface area contributed by atoms with E-state index in [-0.39, 0.29) is 6.10 Å². The van der Waals surface area contributed by atoms with Crippen LogP contribution >= 0.6 is 0 Å². The molecule has 2 fully saturated rings. The monoisotopic (exact) mass is 459 g/mol. The number of ether oxygens (including phenoxy) is 2. The lowest BCUT2D eigenvalue weighted by atomic mass is 10.0. The van der Waals surface area contributed by atoms with Crippen molar-refractivity contribution in [3.63, 3.8) is 0 Å². The molecule has 2 aliphatic rings. The van der Waals surface area contributed by atoms with Crippen LogP contribution < -0.4 is 0 Å². The van der Waals surface area contributed by atoms with Crippen LogP contribution in [-0.4, -0.2) is 38.1 Å². The van der Waals surface area contributed by atoms with Crippen molar-refractivity contribution in [3.05, 3.63) is 83.2 Å². The number of hydrogen-bond donors (Lipinski definition) is 1. The van der Waals surface area contributed by atoms with Gasteiger partial charge in [0.2, 0.25) is 0 Å². The molecule has 0 saturated carbocycles. The minimum Gasteiger partial charge on any atom is -0.387 e. The van der Waals surface area contributed by atoms with Gasteiger partial charge in [0.25, 0.3) is 0 Å². The number of aromatic nitrogens is 3. The number of nitrogens with zero attached hydrogens (tertiary/aromatic N) is 3. The largest absolute Gasteiger partial charge is 0.416 e. The molecule has 0 amide bonds. The molecule has 2 aromatic carbocycles. The summed E-state index contributed by atoms with van der Waals surface area (Å²) in [6.45, 7) is 0.551. The van der Waals surface area contributed by atoms with Crippen LogP contribution in [0.2, 0.25) is 0 Å². The van der Waals surface area contributed by atoms with Gasteiger partial charge >= 0.3 is 6.18 Å². The zero-order valence-electron chi connectivity index (χ0n) is 17.8. The van der Waals surface area contributed by atoms with Crippen LogP contribution in [0.5, 0.6) is 0 Å². The lowest BCUT2D eigenvalue weighted by Crippen LogP contribution is -2.47. The van der Waals surface area contributed by atoms with Gasteiger partial charge in [0.05, 0.1) is 24.4 Å². The van der Waals surface area contributed by atoms with E-state index in [9.17, 15) is 18.3 Å². The lowest BCUT2D eigenvalue weighted by Gasteiger charge is -2.40. The number of alkyl halides is 3. The Balaban J connectivity index is 1.27. The number of aryl methyl sites for hydroxylation is 1. The smallest absolute Gasteiger partial charge is 0.387 e. The molecule has 3 aromatic rings. The van der Waals surface area contributed by atoms with Gasteiger partial charge in [-0.1, -0.05) is 47.7 Å². The molecule has 33 heavy (non-hydrogen) atoms. The minimum atomic E-state index is -4.35. The van der Waals surface area contributed by atoms with Crippen LogP contribution in [0.3, 0.4) is 0 Å². The molecule has 174 valence electrons. The van der Waals surface area contributed by atoms with Gasteiger partial charge in [-0.3, -0.25) is 0 Å². The number of fused-ring (bicyclic) bond motifs is 2. The van der Waals surface area contributed by atoms with E-state index < -0.39 is 29.7 Å². The van der Waals surface area contributed by atoms with E-state index in [1.165, 1.54) is 12.1 Å². The molecular formula is C24H24F3N3O3. The summed E-state index contributed by atoms with van der Waals surface area (Å²) < 4.78 is 52.4. The highest BCUT2D eigenvalue weighted by Gasteiger charge is 2.53. The molecule has 4 atom stereocenters. The van der Waals surface area contributed by atoms with Gasteiger partial charge in [-0.2, -0.15) is 13.2 Å². The Hall–Kier alpha value is -2.75. The first-order valence-corrected chi connectivity index (χ1v) is 11.0. The maximum absolute atomic E-state index is 12.8. The fourth-order valence-electron chi connectivity index (χ4n) is 4.54. The molecule has 2 bridgehead atoms. The zero-order valence-corrected chi connectivity index (χ0v) is 17.8. The average molecular weight is 459 g/mol. The Bertz CT molecular complexity index is 1090. The highest BCUT2D eigenvalue weighted by molar-refractivity contribution is 5.25. The van der Waals surface area contributed by atoms with Gasteiger partial charge in [0.15, 0.2) is 5.79 Å². The Morgan fingerprint density at radius 1 is 1.03 bits per heavy atom. The van der Waals surface area contributed by atoms with Crippen LogP contribution in [-0.2, 0) is 28.6 Å². The number of aliphatic hydroxyl groups excluding tert-OH is 1. The molecule has 0 radical (unpaired) electrons. The minimum absolute atomic E-state index is 0.379. The second-order valence-electron chi connectivity index (χ2n) is 8.66. The van der Waals surface area contributed by atoms with E-state index >= 15 is 0 Å². The summed E-state index contributed by atoms with van der Waals surface area (Å²) in [5.74, 6) is -0.902. The van der Waals surface area contributed by atoms with Crippen molar-refractivity contribution >= 4 is 0 Å². The standard InChI is InChI=1S/C24H24F3N3O3/c25-24(26,27)18-8-6-16(7-9-18)10-12-23-13-11-20(32-23)21(31)22(33-23)19-15-30(29-28-19)14-17-4-2-1-3-5-17/h1-9,15,20-22,31H,10-14H2/t20-,21-,22+,23+/m1/s1. The summed E-state index contributed by atoms with van der Waals surface area (Å²) in [5, 5.41) is 19.2. The van der Waals surface area contributed by atoms with Crippen molar-refractivity contribution in [2.45, 2.75) is 62.5 Å². The molecule has 2 aliphatic heterocycles. The van der Waals surface area contributed by atoms with Crippen molar-refractivity contribution in [1.29, 1.82) is 0 Å². The van der Waals surface area contributed by atoms with Gasteiger partial charge in [-0.05, 0) is 36.1 Å². The molecule has 3 heterocycles. The van der Waals surface area contributed by atoms with E-state index in [1.807, 2.05) is 30.3 Å². The predicted molar refractivity (Wildman–Crippen MR) is 112 cm³/mol. The summed E-state index contributed by atoms with van der Waals surface area (Å²) >= 11 is 0. The Morgan fingerprint density at radius 3 is 2.52 bits per heavy atom. The van der Waals surface area contributed by atoms with E-state index in [4.69, 9.17) is 9.47 Å². The number of aliphatic hydroxyl groups is 1. The van der Waals surface area contributed by atoms with Gasteiger partial charge in [0, 0.05) is 12.8 Å². The average Bonchev–Trinajstić information content (AvgIpc) is 3.41. The summed E-state index contributed by atoms with van der Waals surface area (Å²) in [5.41, 5.74) is 1.71. The van der Waals surface area contributed by atoms with Crippen LogP contribution in [0.1, 0.15) is 47.8 Å². The first-order chi connectivity index (χ1) is 15.8. The fraction of sp³-hybridized carbons (Fsp3) is 0.417. The third kappa shape index (κ3) is 4.66. The van der Waals surface area contributed by atoms with Crippen molar-refractivity contribution < 1.29 is 27.8 Å². The SMILES string of the molecule is O[C@@H]1[C@H]2CC[C@@](CCc3ccc(C(F)(F)F)cc3)(O2)O[C@H]1c1cn(Cc2ccccc2)nn1. The van der Waals surface area contributed by atoms with Crippen molar-refractivity contribution in [2.75, 3.05) is 0 Å². The number of rotatable bonds is 6. The molecule has 1 aromatic heterocycles. The zero-order chi connectivity index (χ0) is 23.1. The molecular weight excluding hydrogens is 435 g/mol. The van der Waals surface area contributed by atoms with E-state index in [0.717, 1.165) is 23.3 Å². The first-order valence-electron chi connectivity index (χ1n) is 11.0. The predicted octanol–water partition coefficient (Wildman–Crippen LogP) is 4.29. The second-order valence-corrected chi connectivity index (χ2v) is 8.66. The second kappa shape index (κ2) is 8.55. The first kappa shape index (κ1) is 22.1. The molecule has 9 heteroatoms. The molecule has 1 N–H and O–H groups in total. The highest BCUT2D eigenvalue weighted by Crippen LogP contribution is 2.47. The maximum Gasteiger partial charge on any atom is 0.416 e. The van der Waals surface area contributed by atoms with Crippen LogP contribution in [0.25, 0.3) is 0 Å². The lowest BCUT2D eigenvalue weighted by molar-refractivity contribution is -0.323. The summed E-state index contributed by atoms with van der Waals surface area (Å²) in [6.07, 6.45) is -2.30. The van der Waals surface area contributed by atoms with E-state index in [1.54, 1.807) is 10.9 Å². The molecule has 0 aliphatic carbocycles. The van der Waals surface area contributed by atoms with E-state index in [2.05, 4.69) is 10.3 Å². The van der Waals surface area contributed by atoms with Crippen molar-refractivity contribution in [3.8, 4) is 0 Å². The molecule has 5 rings (SSSR count). The molecule has 0 spiro atoms. The quantitative estimate of drug-likeness (QED) is 0.596. The van der Waals surface area contributed by atoms with Gasteiger partial charge < -0.3 is 14.6 Å². The van der Waals surface area contributed by atoms with E-state index in [0.29, 0.717) is 37.9 Å². The topological polar surface area (TPSA) is 69.4 Å². The number of benzene rings is 2. The van der Waals surface area contributed by atoms with Crippen LogP contribution in [0, 0.1) is 0 Å². The van der Waals surface area contributed by atoms with Crippen LogP contribution in [0.15, 0.2) is 60.8 Å². The van der Waals surface area contributed by atoms with Crippen molar-refractivity contribution in [2.24, 2.45) is 0 Å². The van der Waals surface area contributed by atoms with Crippen molar-refractivity contribution in [1.82, 2.24) is 15.0 Å². The number of halogens is 3. The normalized spacial score (nSPS) is 27.1. The molecule has 6 nitrogen and oxygen atoms in total. The Kier molecular flexibility index (Phi) is 5.72.